The monoisotopic (exact) mass is 252 g/mol. The third-order valence-electron chi connectivity index (χ3n) is 3.37. The first-order valence-electron chi connectivity index (χ1n) is 6.20. The van der Waals surface area contributed by atoms with Crippen LogP contribution in [0.15, 0.2) is 6.07 Å². The molecule has 0 bridgehead atoms. The molecule has 2 atom stereocenters. The van der Waals surface area contributed by atoms with E-state index in [1.807, 2.05) is 0 Å². The molecule has 1 aliphatic carbocycles. The van der Waals surface area contributed by atoms with Crippen LogP contribution >= 0.6 is 0 Å². The van der Waals surface area contributed by atoms with Crippen LogP contribution in [0.2, 0.25) is 0 Å². The fourth-order valence-electron chi connectivity index (χ4n) is 2.35. The van der Waals surface area contributed by atoms with Crippen LogP contribution in [-0.2, 0) is 0 Å². The second-order valence-electron chi connectivity index (χ2n) is 4.45. The Kier molecular flexibility index (Phi) is 4.19. The molecule has 1 aromatic heterocycles. The fourth-order valence-corrected chi connectivity index (χ4v) is 2.35. The maximum absolute atomic E-state index is 5.76. The molecule has 1 saturated carbocycles. The van der Waals surface area contributed by atoms with Gasteiger partial charge in [-0.3, -0.25) is 0 Å². The van der Waals surface area contributed by atoms with Gasteiger partial charge in [-0.15, -0.1) is 0 Å². The summed E-state index contributed by atoms with van der Waals surface area (Å²) in [6, 6.07) is 1.99. The van der Waals surface area contributed by atoms with Crippen LogP contribution in [0.25, 0.3) is 0 Å². The summed E-state index contributed by atoms with van der Waals surface area (Å²) in [5.74, 6) is 2.01. The molecule has 6 heteroatoms. The van der Waals surface area contributed by atoms with E-state index in [0.717, 1.165) is 12.8 Å². The van der Waals surface area contributed by atoms with Crippen molar-refractivity contribution in [1.82, 2.24) is 9.97 Å². The average Bonchev–Trinajstić information content (AvgIpc) is 2.85. The lowest BCUT2D eigenvalue weighted by Crippen LogP contribution is -2.30. The first-order chi connectivity index (χ1) is 8.76. The third kappa shape index (κ3) is 2.81. The number of anilines is 1. The topological polar surface area (TPSA) is 82.3 Å². The number of aromatic nitrogens is 2. The van der Waals surface area contributed by atoms with Gasteiger partial charge in [-0.25, -0.2) is 0 Å². The Morgan fingerprint density at radius 1 is 1.28 bits per heavy atom. The van der Waals surface area contributed by atoms with Crippen molar-refractivity contribution in [3.8, 4) is 11.8 Å². The minimum atomic E-state index is 0.340. The van der Waals surface area contributed by atoms with Crippen LogP contribution in [0.3, 0.4) is 0 Å². The molecule has 1 aliphatic rings. The van der Waals surface area contributed by atoms with E-state index in [0.29, 0.717) is 36.2 Å². The predicted octanol–water partition coefficient (Wildman–Crippen LogP) is 1.03. The Balaban J connectivity index is 2.12. The van der Waals surface area contributed by atoms with Crippen molar-refractivity contribution in [2.75, 3.05) is 26.1 Å². The number of nitrogens with zero attached hydrogens (tertiary/aromatic N) is 2. The molecule has 2 unspecified atom stereocenters. The smallest absolute Gasteiger partial charge is 0.229 e. The SMILES string of the molecule is COc1cc(OC)nc(NC2CCCC2CN)n1. The lowest BCUT2D eigenvalue weighted by molar-refractivity contribution is 0.372. The fraction of sp³-hybridized carbons (Fsp3) is 0.667. The first kappa shape index (κ1) is 12.9. The zero-order valence-electron chi connectivity index (χ0n) is 10.8. The molecule has 0 aromatic carbocycles. The number of ether oxygens (including phenoxy) is 2. The van der Waals surface area contributed by atoms with Crippen LogP contribution in [0.5, 0.6) is 11.8 Å². The van der Waals surface area contributed by atoms with E-state index in [-0.39, 0.29) is 0 Å². The largest absolute Gasteiger partial charge is 0.481 e. The Morgan fingerprint density at radius 2 is 1.94 bits per heavy atom. The standard InChI is InChI=1S/C12H20N4O2/c1-17-10-6-11(18-2)16-12(15-10)14-9-5-3-4-8(9)7-13/h6,8-9H,3-5,7,13H2,1-2H3,(H,14,15,16). The van der Waals surface area contributed by atoms with Crippen LogP contribution in [0.4, 0.5) is 5.95 Å². The highest BCUT2D eigenvalue weighted by molar-refractivity contribution is 5.35. The van der Waals surface area contributed by atoms with Gasteiger partial charge in [0.2, 0.25) is 17.7 Å². The summed E-state index contributed by atoms with van der Waals surface area (Å²) >= 11 is 0. The van der Waals surface area contributed by atoms with Crippen molar-refractivity contribution < 1.29 is 9.47 Å². The van der Waals surface area contributed by atoms with E-state index in [1.54, 1.807) is 20.3 Å². The van der Waals surface area contributed by atoms with E-state index >= 15 is 0 Å². The van der Waals surface area contributed by atoms with Crippen LogP contribution in [0, 0.1) is 5.92 Å². The lowest BCUT2D eigenvalue weighted by Gasteiger charge is -2.19. The van der Waals surface area contributed by atoms with E-state index in [2.05, 4.69) is 15.3 Å². The molecular weight excluding hydrogens is 232 g/mol. The summed E-state index contributed by atoms with van der Waals surface area (Å²) in [5, 5.41) is 3.33. The molecule has 2 rings (SSSR count). The summed E-state index contributed by atoms with van der Waals surface area (Å²) in [5.41, 5.74) is 5.76. The van der Waals surface area contributed by atoms with Gasteiger partial charge in [0, 0.05) is 6.04 Å². The number of hydrogen-bond donors (Lipinski definition) is 2. The molecule has 0 spiro atoms. The zero-order chi connectivity index (χ0) is 13.0. The third-order valence-corrected chi connectivity index (χ3v) is 3.37. The summed E-state index contributed by atoms with van der Waals surface area (Å²) in [4.78, 5) is 8.53. The van der Waals surface area contributed by atoms with Crippen LogP contribution < -0.4 is 20.5 Å². The van der Waals surface area contributed by atoms with Gasteiger partial charge in [-0.2, -0.15) is 9.97 Å². The second kappa shape index (κ2) is 5.86. The molecule has 1 heterocycles. The van der Waals surface area contributed by atoms with Gasteiger partial charge in [0.05, 0.1) is 20.3 Å². The number of hydrogen-bond acceptors (Lipinski definition) is 6. The molecule has 1 fully saturated rings. The summed E-state index contributed by atoms with van der Waals surface area (Å²) in [6.45, 7) is 0.693. The Labute approximate surface area is 107 Å². The molecule has 0 amide bonds. The maximum Gasteiger partial charge on any atom is 0.229 e. The van der Waals surface area contributed by atoms with Gasteiger partial charge in [-0.1, -0.05) is 6.42 Å². The highest BCUT2D eigenvalue weighted by Crippen LogP contribution is 2.28. The molecular formula is C12H20N4O2. The molecule has 100 valence electrons. The second-order valence-corrected chi connectivity index (χ2v) is 4.45. The molecule has 1 aromatic rings. The van der Waals surface area contributed by atoms with E-state index in [4.69, 9.17) is 15.2 Å². The van der Waals surface area contributed by atoms with Crippen molar-refractivity contribution in [3.05, 3.63) is 6.07 Å². The molecule has 18 heavy (non-hydrogen) atoms. The number of nitrogens with one attached hydrogen (secondary N) is 1. The number of nitrogens with two attached hydrogens (primary N) is 1. The lowest BCUT2D eigenvalue weighted by atomic mass is 10.0. The Hall–Kier alpha value is -1.56. The van der Waals surface area contributed by atoms with Crippen LogP contribution in [-0.4, -0.2) is 36.8 Å². The molecule has 6 nitrogen and oxygen atoms in total. The molecule has 0 radical (unpaired) electrons. The van der Waals surface area contributed by atoms with Crippen molar-refractivity contribution in [2.45, 2.75) is 25.3 Å². The van der Waals surface area contributed by atoms with Crippen molar-refractivity contribution in [1.29, 1.82) is 0 Å². The zero-order valence-corrected chi connectivity index (χ0v) is 10.8. The molecule has 0 saturated heterocycles. The van der Waals surface area contributed by atoms with Gasteiger partial charge in [-0.05, 0) is 25.3 Å². The van der Waals surface area contributed by atoms with E-state index in [1.165, 1.54) is 6.42 Å². The van der Waals surface area contributed by atoms with E-state index < -0.39 is 0 Å². The minimum absolute atomic E-state index is 0.340. The Morgan fingerprint density at radius 3 is 2.50 bits per heavy atom. The highest BCUT2D eigenvalue weighted by Gasteiger charge is 2.26. The van der Waals surface area contributed by atoms with Gasteiger partial charge < -0.3 is 20.5 Å². The molecule has 0 aliphatic heterocycles. The summed E-state index contributed by atoms with van der Waals surface area (Å²) in [6.07, 6.45) is 3.46. The Bertz CT molecular complexity index is 377. The number of methoxy groups -OCH3 is 2. The highest BCUT2D eigenvalue weighted by atomic mass is 16.5. The first-order valence-corrected chi connectivity index (χ1v) is 6.20. The summed E-state index contributed by atoms with van der Waals surface area (Å²) in [7, 11) is 3.15. The molecule has 3 N–H and O–H groups in total. The van der Waals surface area contributed by atoms with Crippen LogP contribution in [0.1, 0.15) is 19.3 Å². The average molecular weight is 252 g/mol. The van der Waals surface area contributed by atoms with Gasteiger partial charge in [0.15, 0.2) is 0 Å². The van der Waals surface area contributed by atoms with Gasteiger partial charge in [0.25, 0.3) is 0 Å². The predicted molar refractivity (Wildman–Crippen MR) is 68.9 cm³/mol. The minimum Gasteiger partial charge on any atom is -0.481 e. The van der Waals surface area contributed by atoms with Crippen molar-refractivity contribution >= 4 is 5.95 Å². The van der Waals surface area contributed by atoms with Gasteiger partial charge >= 0.3 is 0 Å². The van der Waals surface area contributed by atoms with E-state index in [9.17, 15) is 0 Å². The maximum atomic E-state index is 5.76. The van der Waals surface area contributed by atoms with Crippen molar-refractivity contribution in [3.63, 3.8) is 0 Å². The van der Waals surface area contributed by atoms with Gasteiger partial charge in [0.1, 0.15) is 0 Å². The number of rotatable bonds is 5. The normalized spacial score (nSPS) is 22.8. The quantitative estimate of drug-likeness (QED) is 0.814. The summed E-state index contributed by atoms with van der Waals surface area (Å²) < 4.78 is 10.2. The van der Waals surface area contributed by atoms with Crippen molar-refractivity contribution in [2.24, 2.45) is 11.7 Å².